The summed E-state index contributed by atoms with van der Waals surface area (Å²) in [5.74, 6) is -0.290. The third-order valence-electron chi connectivity index (χ3n) is 3.03. The van der Waals surface area contributed by atoms with Crippen LogP contribution in [0.4, 0.5) is 4.39 Å². The maximum atomic E-state index is 12.7. The standard InChI is InChI=1S/C15H19FN2O/c1-2-18(12-4-10-17)11-3-5-15(19)13-6-8-14(16)9-7-13/h6-9H,2-5,11-12H2,1H3. The van der Waals surface area contributed by atoms with Gasteiger partial charge in [-0.05, 0) is 43.8 Å². The maximum absolute atomic E-state index is 12.7. The Balaban J connectivity index is 2.34. The van der Waals surface area contributed by atoms with Crippen LogP contribution in [-0.2, 0) is 0 Å². The van der Waals surface area contributed by atoms with Crippen molar-refractivity contribution < 1.29 is 9.18 Å². The van der Waals surface area contributed by atoms with Gasteiger partial charge in [0.2, 0.25) is 0 Å². The molecule has 0 N–H and O–H groups in total. The molecular weight excluding hydrogens is 243 g/mol. The molecule has 0 aliphatic carbocycles. The quantitative estimate of drug-likeness (QED) is 0.676. The van der Waals surface area contributed by atoms with Crippen LogP contribution in [-0.4, -0.2) is 30.3 Å². The summed E-state index contributed by atoms with van der Waals surface area (Å²) in [6, 6.07) is 7.76. The normalized spacial score (nSPS) is 10.4. The smallest absolute Gasteiger partial charge is 0.162 e. The molecule has 0 amide bonds. The summed E-state index contributed by atoms with van der Waals surface area (Å²) in [4.78, 5) is 14.0. The third kappa shape index (κ3) is 5.62. The first-order valence-corrected chi connectivity index (χ1v) is 6.55. The van der Waals surface area contributed by atoms with Crippen LogP contribution in [0.1, 0.15) is 36.5 Å². The van der Waals surface area contributed by atoms with E-state index in [-0.39, 0.29) is 11.6 Å². The topological polar surface area (TPSA) is 44.1 Å². The van der Waals surface area contributed by atoms with Gasteiger partial charge in [-0.3, -0.25) is 4.79 Å². The van der Waals surface area contributed by atoms with Crippen molar-refractivity contribution in [3.05, 3.63) is 35.6 Å². The number of hydrogen-bond donors (Lipinski definition) is 0. The highest BCUT2D eigenvalue weighted by molar-refractivity contribution is 5.95. The van der Waals surface area contributed by atoms with E-state index in [0.717, 1.165) is 26.1 Å². The zero-order chi connectivity index (χ0) is 14.1. The van der Waals surface area contributed by atoms with Crippen molar-refractivity contribution in [3.63, 3.8) is 0 Å². The number of rotatable bonds is 8. The first kappa shape index (κ1) is 15.3. The second kappa shape index (κ2) is 8.39. The summed E-state index contributed by atoms with van der Waals surface area (Å²) in [7, 11) is 0. The van der Waals surface area contributed by atoms with Crippen LogP contribution < -0.4 is 0 Å². The van der Waals surface area contributed by atoms with Crippen LogP contribution in [0.15, 0.2) is 24.3 Å². The van der Waals surface area contributed by atoms with Crippen molar-refractivity contribution in [2.24, 2.45) is 0 Å². The minimum atomic E-state index is -0.329. The minimum absolute atomic E-state index is 0.0383. The monoisotopic (exact) mass is 262 g/mol. The number of Topliss-reactive ketones (excluding diaryl/α,β-unsaturated/α-hetero) is 1. The van der Waals surface area contributed by atoms with Gasteiger partial charge < -0.3 is 4.90 Å². The molecular formula is C15H19FN2O. The lowest BCUT2D eigenvalue weighted by Gasteiger charge is -2.18. The summed E-state index contributed by atoms with van der Waals surface area (Å²) in [6.45, 7) is 4.48. The highest BCUT2D eigenvalue weighted by Gasteiger charge is 2.07. The molecule has 0 aliphatic heterocycles. The number of nitrogens with zero attached hydrogens (tertiary/aromatic N) is 2. The van der Waals surface area contributed by atoms with Gasteiger partial charge in [-0.15, -0.1) is 0 Å². The lowest BCUT2D eigenvalue weighted by Crippen LogP contribution is -2.25. The van der Waals surface area contributed by atoms with Gasteiger partial charge in [0, 0.05) is 24.9 Å². The van der Waals surface area contributed by atoms with Gasteiger partial charge in [0.05, 0.1) is 6.07 Å². The second-order valence-corrected chi connectivity index (χ2v) is 4.38. The highest BCUT2D eigenvalue weighted by atomic mass is 19.1. The molecule has 1 aromatic carbocycles. The lowest BCUT2D eigenvalue weighted by atomic mass is 10.1. The average molecular weight is 262 g/mol. The average Bonchev–Trinajstić information content (AvgIpc) is 2.43. The minimum Gasteiger partial charge on any atom is -0.303 e. The molecule has 0 atom stereocenters. The van der Waals surface area contributed by atoms with Gasteiger partial charge in [0.1, 0.15) is 5.82 Å². The number of benzene rings is 1. The molecule has 0 aliphatic rings. The predicted molar refractivity (Wildman–Crippen MR) is 72.3 cm³/mol. The largest absolute Gasteiger partial charge is 0.303 e. The van der Waals surface area contributed by atoms with E-state index in [1.807, 2.05) is 6.92 Å². The Morgan fingerprint density at radius 2 is 2.00 bits per heavy atom. The first-order chi connectivity index (χ1) is 9.17. The number of ketones is 1. The molecule has 0 saturated heterocycles. The number of nitriles is 1. The zero-order valence-electron chi connectivity index (χ0n) is 11.2. The molecule has 102 valence electrons. The molecule has 0 saturated carbocycles. The number of carbonyl (C=O) groups is 1. The second-order valence-electron chi connectivity index (χ2n) is 4.38. The van der Waals surface area contributed by atoms with Crippen LogP contribution >= 0.6 is 0 Å². The molecule has 0 bridgehead atoms. The molecule has 3 nitrogen and oxygen atoms in total. The third-order valence-corrected chi connectivity index (χ3v) is 3.03. The highest BCUT2D eigenvalue weighted by Crippen LogP contribution is 2.08. The molecule has 19 heavy (non-hydrogen) atoms. The van der Waals surface area contributed by atoms with Crippen LogP contribution in [0, 0.1) is 17.1 Å². The summed E-state index contributed by atoms with van der Waals surface area (Å²) in [6.07, 6.45) is 1.73. The number of halogens is 1. The fourth-order valence-electron chi connectivity index (χ4n) is 1.88. The van der Waals surface area contributed by atoms with Gasteiger partial charge in [-0.25, -0.2) is 4.39 Å². The van der Waals surface area contributed by atoms with Gasteiger partial charge >= 0.3 is 0 Å². The van der Waals surface area contributed by atoms with E-state index in [1.165, 1.54) is 24.3 Å². The summed E-state index contributed by atoms with van der Waals surface area (Å²) >= 11 is 0. The fourth-order valence-corrected chi connectivity index (χ4v) is 1.88. The van der Waals surface area contributed by atoms with Crippen molar-refractivity contribution in [2.75, 3.05) is 19.6 Å². The molecule has 0 heterocycles. The van der Waals surface area contributed by atoms with E-state index in [9.17, 15) is 9.18 Å². The maximum Gasteiger partial charge on any atom is 0.162 e. The Morgan fingerprint density at radius 1 is 1.32 bits per heavy atom. The van der Waals surface area contributed by atoms with E-state index in [0.29, 0.717) is 18.4 Å². The van der Waals surface area contributed by atoms with Gasteiger partial charge in [-0.2, -0.15) is 5.26 Å². The van der Waals surface area contributed by atoms with Crippen molar-refractivity contribution in [2.45, 2.75) is 26.2 Å². The Hall–Kier alpha value is -1.73. The Labute approximate surface area is 113 Å². The van der Waals surface area contributed by atoms with Crippen LogP contribution in [0.3, 0.4) is 0 Å². The Kier molecular flexibility index (Phi) is 6.76. The molecule has 4 heteroatoms. The van der Waals surface area contributed by atoms with Crippen LogP contribution in [0.25, 0.3) is 0 Å². The zero-order valence-corrected chi connectivity index (χ0v) is 11.2. The SMILES string of the molecule is CCN(CCC#N)CCCC(=O)c1ccc(F)cc1. The molecule has 0 unspecified atom stereocenters. The Morgan fingerprint density at radius 3 is 2.58 bits per heavy atom. The number of hydrogen-bond acceptors (Lipinski definition) is 3. The molecule has 0 radical (unpaired) electrons. The van der Waals surface area contributed by atoms with Crippen molar-refractivity contribution in [3.8, 4) is 6.07 Å². The molecule has 0 fully saturated rings. The van der Waals surface area contributed by atoms with Crippen LogP contribution in [0.5, 0.6) is 0 Å². The number of carbonyl (C=O) groups excluding carboxylic acids is 1. The predicted octanol–water partition coefficient (Wildman–Crippen LogP) is 3.02. The molecule has 1 rings (SSSR count). The fraction of sp³-hybridized carbons (Fsp3) is 0.467. The van der Waals surface area contributed by atoms with Crippen molar-refractivity contribution in [1.29, 1.82) is 5.26 Å². The van der Waals surface area contributed by atoms with E-state index >= 15 is 0 Å². The van der Waals surface area contributed by atoms with E-state index in [2.05, 4.69) is 11.0 Å². The van der Waals surface area contributed by atoms with Crippen LogP contribution in [0.2, 0.25) is 0 Å². The van der Waals surface area contributed by atoms with Crippen molar-refractivity contribution in [1.82, 2.24) is 4.90 Å². The molecule has 0 spiro atoms. The lowest BCUT2D eigenvalue weighted by molar-refractivity contribution is 0.0975. The summed E-state index contributed by atoms with van der Waals surface area (Å²) < 4.78 is 12.7. The van der Waals surface area contributed by atoms with E-state index in [4.69, 9.17) is 5.26 Å². The molecule has 1 aromatic rings. The van der Waals surface area contributed by atoms with Gasteiger partial charge in [0.25, 0.3) is 0 Å². The summed E-state index contributed by atoms with van der Waals surface area (Å²) in [5.41, 5.74) is 0.557. The van der Waals surface area contributed by atoms with Gasteiger partial charge in [-0.1, -0.05) is 6.92 Å². The molecule has 0 aromatic heterocycles. The van der Waals surface area contributed by atoms with E-state index < -0.39 is 0 Å². The first-order valence-electron chi connectivity index (χ1n) is 6.55. The summed E-state index contributed by atoms with van der Waals surface area (Å²) in [5, 5.41) is 8.53. The van der Waals surface area contributed by atoms with E-state index in [1.54, 1.807) is 0 Å². The Bertz CT molecular complexity index is 436. The van der Waals surface area contributed by atoms with Crippen molar-refractivity contribution >= 4 is 5.78 Å². The van der Waals surface area contributed by atoms with Gasteiger partial charge in [0.15, 0.2) is 5.78 Å².